The summed E-state index contributed by atoms with van der Waals surface area (Å²) in [5, 5.41) is 16.8. The summed E-state index contributed by atoms with van der Waals surface area (Å²) in [6, 6.07) is 3.57. The van der Waals surface area contributed by atoms with E-state index in [4.69, 9.17) is 13.9 Å². The number of carbonyl (C=O) groups is 1. The molecule has 2 heterocycles. The second-order valence-corrected chi connectivity index (χ2v) is 4.53. The van der Waals surface area contributed by atoms with Gasteiger partial charge < -0.3 is 13.9 Å². The lowest BCUT2D eigenvalue weighted by atomic mass is 10.2. The van der Waals surface area contributed by atoms with Crippen molar-refractivity contribution in [2.45, 2.75) is 32.9 Å². The van der Waals surface area contributed by atoms with Gasteiger partial charge in [0.15, 0.2) is 5.76 Å². The van der Waals surface area contributed by atoms with E-state index in [1.54, 1.807) is 17.0 Å². The molecule has 0 aliphatic carbocycles. The molecule has 20 heavy (non-hydrogen) atoms. The summed E-state index contributed by atoms with van der Waals surface area (Å²) in [6.45, 7) is 4.21. The molecular formula is C13H17N3O4. The minimum atomic E-state index is -0.879. The van der Waals surface area contributed by atoms with Gasteiger partial charge in [0.1, 0.15) is 0 Å². The van der Waals surface area contributed by atoms with Crippen molar-refractivity contribution < 1.29 is 18.7 Å². The van der Waals surface area contributed by atoms with Gasteiger partial charge in [-0.15, -0.1) is 10.2 Å². The van der Waals surface area contributed by atoms with Gasteiger partial charge in [-0.1, -0.05) is 6.92 Å². The number of aliphatic carboxylic acids is 1. The Hall–Kier alpha value is -2.15. The Morgan fingerprint density at radius 2 is 2.30 bits per heavy atom. The standard InChI is InChI=1S/C13H17N3O4/c1-3-9(2)16(8-12(17)18)7-11-14-15-13(20-11)10-5-4-6-19-10/h4-6,9H,3,7-8H2,1-2H3,(H,17,18). The van der Waals surface area contributed by atoms with Gasteiger partial charge in [0.25, 0.3) is 5.89 Å². The number of carboxylic acid groups (broad SMARTS) is 1. The molecule has 2 rings (SSSR count). The third-order valence-electron chi connectivity index (χ3n) is 3.09. The molecule has 1 N–H and O–H groups in total. The molecule has 0 fully saturated rings. The van der Waals surface area contributed by atoms with Crippen LogP contribution < -0.4 is 0 Å². The fourth-order valence-corrected chi connectivity index (χ4v) is 1.79. The predicted octanol–water partition coefficient (Wildman–Crippen LogP) is 2.01. The van der Waals surface area contributed by atoms with E-state index >= 15 is 0 Å². The van der Waals surface area contributed by atoms with E-state index in [9.17, 15) is 4.79 Å². The first-order chi connectivity index (χ1) is 9.60. The van der Waals surface area contributed by atoms with Gasteiger partial charge in [-0.2, -0.15) is 0 Å². The van der Waals surface area contributed by atoms with Crippen molar-refractivity contribution in [2.75, 3.05) is 6.54 Å². The normalized spacial score (nSPS) is 12.8. The minimum Gasteiger partial charge on any atom is -0.480 e. The molecule has 0 radical (unpaired) electrons. The summed E-state index contributed by atoms with van der Waals surface area (Å²) >= 11 is 0. The number of furan rings is 1. The summed E-state index contributed by atoms with van der Waals surface area (Å²) in [5.74, 6) is 0.288. The van der Waals surface area contributed by atoms with Crippen LogP contribution in [-0.4, -0.2) is 38.8 Å². The van der Waals surface area contributed by atoms with Crippen molar-refractivity contribution in [3.05, 3.63) is 24.3 Å². The molecule has 2 aromatic rings. The Labute approximate surface area is 116 Å². The maximum absolute atomic E-state index is 10.9. The van der Waals surface area contributed by atoms with Gasteiger partial charge >= 0.3 is 5.97 Å². The molecule has 7 heteroatoms. The third-order valence-corrected chi connectivity index (χ3v) is 3.09. The van der Waals surface area contributed by atoms with Gasteiger partial charge in [-0.25, -0.2) is 0 Å². The van der Waals surface area contributed by atoms with E-state index < -0.39 is 5.97 Å². The van der Waals surface area contributed by atoms with E-state index in [-0.39, 0.29) is 12.6 Å². The van der Waals surface area contributed by atoms with Gasteiger partial charge in [-0.05, 0) is 25.5 Å². The smallest absolute Gasteiger partial charge is 0.317 e. The zero-order chi connectivity index (χ0) is 14.5. The Balaban J connectivity index is 2.08. The SMILES string of the molecule is CCC(C)N(CC(=O)O)Cc1nnc(-c2ccco2)o1. The molecule has 1 unspecified atom stereocenters. The first kappa shape index (κ1) is 14.3. The molecule has 2 aromatic heterocycles. The van der Waals surface area contributed by atoms with E-state index in [2.05, 4.69) is 10.2 Å². The van der Waals surface area contributed by atoms with Crippen LogP contribution in [0.25, 0.3) is 11.7 Å². The van der Waals surface area contributed by atoms with Gasteiger partial charge in [-0.3, -0.25) is 9.69 Å². The molecule has 0 saturated heterocycles. The molecule has 0 spiro atoms. The van der Waals surface area contributed by atoms with E-state index in [0.717, 1.165) is 6.42 Å². The highest BCUT2D eigenvalue weighted by Crippen LogP contribution is 2.19. The number of hydrogen-bond donors (Lipinski definition) is 1. The minimum absolute atomic E-state index is 0.0620. The second-order valence-electron chi connectivity index (χ2n) is 4.53. The van der Waals surface area contributed by atoms with Crippen molar-refractivity contribution in [1.29, 1.82) is 0 Å². The van der Waals surface area contributed by atoms with E-state index in [1.807, 2.05) is 13.8 Å². The molecule has 0 aliphatic heterocycles. The maximum atomic E-state index is 10.9. The largest absolute Gasteiger partial charge is 0.480 e. The molecule has 0 bridgehead atoms. The second kappa shape index (κ2) is 6.33. The Kier molecular flexibility index (Phi) is 4.52. The van der Waals surface area contributed by atoms with E-state index in [0.29, 0.717) is 24.1 Å². The van der Waals surface area contributed by atoms with Crippen LogP contribution in [0.15, 0.2) is 27.2 Å². The van der Waals surface area contributed by atoms with Crippen molar-refractivity contribution in [2.24, 2.45) is 0 Å². The summed E-state index contributed by atoms with van der Waals surface area (Å²) in [6.07, 6.45) is 2.36. The lowest BCUT2D eigenvalue weighted by Crippen LogP contribution is -2.36. The van der Waals surface area contributed by atoms with Crippen LogP contribution in [0, 0.1) is 0 Å². The van der Waals surface area contributed by atoms with Crippen LogP contribution in [-0.2, 0) is 11.3 Å². The van der Waals surface area contributed by atoms with Crippen LogP contribution >= 0.6 is 0 Å². The number of hydrogen-bond acceptors (Lipinski definition) is 6. The Bertz CT molecular complexity index is 550. The monoisotopic (exact) mass is 279 g/mol. The zero-order valence-electron chi connectivity index (χ0n) is 11.4. The molecule has 0 aliphatic rings. The quantitative estimate of drug-likeness (QED) is 0.828. The molecule has 1 atom stereocenters. The molecule has 0 amide bonds. The summed E-state index contributed by atoms with van der Waals surface area (Å²) in [7, 11) is 0. The summed E-state index contributed by atoms with van der Waals surface area (Å²) in [4.78, 5) is 12.7. The summed E-state index contributed by atoms with van der Waals surface area (Å²) < 4.78 is 10.7. The van der Waals surface area contributed by atoms with Crippen LogP contribution in [0.5, 0.6) is 0 Å². The number of aromatic nitrogens is 2. The molecule has 0 aromatic carbocycles. The first-order valence-electron chi connectivity index (χ1n) is 6.42. The van der Waals surface area contributed by atoms with Gasteiger partial charge in [0.05, 0.1) is 19.4 Å². The lowest BCUT2D eigenvalue weighted by molar-refractivity contribution is -0.139. The van der Waals surface area contributed by atoms with Crippen LogP contribution in [0.3, 0.4) is 0 Å². The highest BCUT2D eigenvalue weighted by Gasteiger charge is 2.19. The highest BCUT2D eigenvalue weighted by molar-refractivity contribution is 5.69. The number of nitrogens with zero attached hydrogens (tertiary/aromatic N) is 3. The van der Waals surface area contributed by atoms with Crippen molar-refractivity contribution in [3.8, 4) is 11.7 Å². The summed E-state index contributed by atoms with van der Waals surface area (Å²) in [5.41, 5.74) is 0. The van der Waals surface area contributed by atoms with Crippen LogP contribution in [0.2, 0.25) is 0 Å². The van der Waals surface area contributed by atoms with Gasteiger partial charge in [0, 0.05) is 6.04 Å². The van der Waals surface area contributed by atoms with Crippen molar-refractivity contribution in [1.82, 2.24) is 15.1 Å². The Morgan fingerprint density at radius 1 is 1.50 bits per heavy atom. The molecule has 7 nitrogen and oxygen atoms in total. The van der Waals surface area contributed by atoms with Crippen LogP contribution in [0.4, 0.5) is 0 Å². The van der Waals surface area contributed by atoms with Crippen molar-refractivity contribution in [3.63, 3.8) is 0 Å². The average Bonchev–Trinajstić information content (AvgIpc) is 3.06. The van der Waals surface area contributed by atoms with E-state index in [1.165, 1.54) is 6.26 Å². The first-order valence-corrected chi connectivity index (χ1v) is 6.42. The Morgan fingerprint density at radius 3 is 2.90 bits per heavy atom. The average molecular weight is 279 g/mol. The molecule has 108 valence electrons. The number of rotatable bonds is 7. The lowest BCUT2D eigenvalue weighted by Gasteiger charge is -2.24. The van der Waals surface area contributed by atoms with Gasteiger partial charge in [0.2, 0.25) is 5.89 Å². The zero-order valence-corrected chi connectivity index (χ0v) is 11.4. The fraction of sp³-hybridized carbons (Fsp3) is 0.462. The molecular weight excluding hydrogens is 262 g/mol. The maximum Gasteiger partial charge on any atom is 0.317 e. The topological polar surface area (TPSA) is 92.6 Å². The third kappa shape index (κ3) is 3.45. The fourth-order valence-electron chi connectivity index (χ4n) is 1.79. The van der Waals surface area contributed by atoms with Crippen molar-refractivity contribution >= 4 is 5.97 Å². The number of carboxylic acids is 1. The highest BCUT2D eigenvalue weighted by atomic mass is 16.4. The predicted molar refractivity (Wildman–Crippen MR) is 69.8 cm³/mol. The van der Waals surface area contributed by atoms with Crippen LogP contribution in [0.1, 0.15) is 26.2 Å². The molecule has 0 saturated carbocycles.